The number of carboxylic acids is 1. The Morgan fingerprint density at radius 3 is 2.35 bits per heavy atom. The highest BCUT2D eigenvalue weighted by atomic mass is 35.5. The van der Waals surface area contributed by atoms with Crippen LogP contribution in [0.15, 0.2) is 51.6 Å². The largest absolute Gasteiger partial charge is 0.477 e. The summed E-state index contributed by atoms with van der Waals surface area (Å²) in [4.78, 5) is 11.0. The van der Waals surface area contributed by atoms with Crippen LogP contribution in [0.1, 0.15) is 4.88 Å². The maximum Gasteiger partial charge on any atom is 0.347 e. The lowest BCUT2D eigenvalue weighted by Crippen LogP contribution is -2.13. The molecule has 2 rings (SSSR count). The molecule has 0 saturated heterocycles. The van der Waals surface area contributed by atoms with Gasteiger partial charge in [0.05, 0.1) is 4.90 Å². The zero-order chi connectivity index (χ0) is 14.8. The van der Waals surface area contributed by atoms with Crippen molar-refractivity contribution in [2.24, 2.45) is 0 Å². The maximum atomic E-state index is 12.3. The Bertz CT molecular complexity index is 744. The number of hydrogen-bond donors (Lipinski definition) is 1. The van der Waals surface area contributed by atoms with Crippen LogP contribution in [0, 0.1) is 0 Å². The van der Waals surface area contributed by atoms with E-state index < -0.39 is 20.7 Å². The summed E-state index contributed by atoms with van der Waals surface area (Å²) in [6.45, 7) is 0. The highest BCUT2D eigenvalue weighted by Crippen LogP contribution is 2.24. The first-order valence-corrected chi connectivity index (χ1v) is 8.14. The number of carbonyl (C=O) groups is 1. The summed E-state index contributed by atoms with van der Waals surface area (Å²) in [5.74, 6) is -1.49. The smallest absolute Gasteiger partial charge is 0.347 e. The second-order valence-corrected chi connectivity index (χ2v) is 7.12. The summed E-state index contributed by atoms with van der Waals surface area (Å²) >= 11 is 6.95. The van der Waals surface area contributed by atoms with Crippen molar-refractivity contribution in [1.29, 1.82) is 0 Å². The Labute approximate surface area is 124 Å². The molecule has 0 amide bonds. The average Bonchev–Trinajstić information content (AvgIpc) is 2.89. The molecule has 0 spiro atoms. The van der Waals surface area contributed by atoms with Gasteiger partial charge in [-0.15, -0.1) is 11.3 Å². The van der Waals surface area contributed by atoms with Crippen molar-refractivity contribution in [2.75, 3.05) is 0 Å². The maximum absolute atomic E-state index is 12.3. The molecule has 2 aromatic rings. The molecule has 0 saturated carbocycles. The fourth-order valence-corrected chi connectivity index (χ4v) is 3.62. The van der Waals surface area contributed by atoms with Crippen LogP contribution in [-0.4, -0.2) is 19.5 Å². The Hall–Kier alpha value is -1.63. The van der Waals surface area contributed by atoms with E-state index in [9.17, 15) is 13.2 Å². The second-order valence-electron chi connectivity index (χ2n) is 3.79. The third kappa shape index (κ3) is 3.09. The number of rotatable bonds is 4. The fourth-order valence-electron chi connectivity index (χ4n) is 1.50. The van der Waals surface area contributed by atoms with Crippen molar-refractivity contribution in [3.8, 4) is 0 Å². The van der Waals surface area contributed by atoms with Gasteiger partial charge in [0, 0.05) is 9.90 Å². The highest BCUT2D eigenvalue weighted by Gasteiger charge is 2.26. The molecule has 1 aromatic heterocycles. The van der Waals surface area contributed by atoms with Crippen LogP contribution in [-0.2, 0) is 14.6 Å². The lowest BCUT2D eigenvalue weighted by molar-refractivity contribution is -0.131. The van der Waals surface area contributed by atoms with Gasteiger partial charge >= 0.3 is 5.97 Å². The van der Waals surface area contributed by atoms with E-state index in [-0.39, 0.29) is 4.90 Å². The summed E-state index contributed by atoms with van der Waals surface area (Å²) in [5.41, 5.74) is 0. The van der Waals surface area contributed by atoms with Gasteiger partial charge < -0.3 is 5.11 Å². The van der Waals surface area contributed by atoms with E-state index in [0.29, 0.717) is 9.90 Å². The van der Waals surface area contributed by atoms with E-state index in [0.717, 1.165) is 6.08 Å². The van der Waals surface area contributed by atoms with Crippen LogP contribution in [0.5, 0.6) is 0 Å². The van der Waals surface area contributed by atoms with Crippen LogP contribution >= 0.6 is 22.9 Å². The van der Waals surface area contributed by atoms with E-state index >= 15 is 0 Å². The second kappa shape index (κ2) is 5.78. The molecule has 0 aliphatic rings. The zero-order valence-corrected chi connectivity index (χ0v) is 12.4. The summed E-state index contributed by atoms with van der Waals surface area (Å²) < 4.78 is 24.6. The molecule has 0 aliphatic carbocycles. The molecule has 0 fully saturated rings. The van der Waals surface area contributed by atoms with Gasteiger partial charge in [-0.2, -0.15) is 0 Å². The molecule has 1 heterocycles. The van der Waals surface area contributed by atoms with E-state index in [2.05, 4.69) is 0 Å². The Morgan fingerprint density at radius 2 is 1.85 bits per heavy atom. The number of sulfone groups is 1. The normalized spacial score (nSPS) is 12.3. The Kier molecular flexibility index (Phi) is 4.27. The van der Waals surface area contributed by atoms with Crippen molar-refractivity contribution < 1.29 is 18.3 Å². The predicted molar refractivity (Wildman–Crippen MR) is 78.6 cm³/mol. The predicted octanol–water partition coefficient (Wildman–Crippen LogP) is 3.30. The summed E-state index contributed by atoms with van der Waals surface area (Å²) in [6, 6.07) is 8.72. The number of carboxylic acid groups (broad SMARTS) is 1. The molecule has 4 nitrogen and oxygen atoms in total. The molecule has 0 unspecified atom stereocenters. The van der Waals surface area contributed by atoms with Crippen LogP contribution in [0.25, 0.3) is 6.08 Å². The van der Waals surface area contributed by atoms with Crippen molar-refractivity contribution >= 4 is 44.8 Å². The highest BCUT2D eigenvalue weighted by molar-refractivity contribution is 7.96. The first-order chi connectivity index (χ1) is 9.41. The molecular formula is C13H9ClO4S2. The number of halogens is 1. The SMILES string of the molecule is O=C(O)/C(=C\c1cccs1)S(=O)(=O)c1ccc(Cl)cc1. The monoisotopic (exact) mass is 328 g/mol. The minimum Gasteiger partial charge on any atom is -0.477 e. The Morgan fingerprint density at radius 1 is 1.20 bits per heavy atom. The minimum absolute atomic E-state index is 0.105. The lowest BCUT2D eigenvalue weighted by atomic mass is 10.4. The molecule has 0 aliphatic heterocycles. The standard InChI is InChI=1S/C13H9ClO4S2/c14-9-3-5-11(6-4-9)20(17,18)12(13(15)16)8-10-2-1-7-19-10/h1-8H,(H,15,16)/b12-8+. The van der Waals surface area contributed by atoms with Gasteiger partial charge in [0.15, 0.2) is 4.91 Å². The van der Waals surface area contributed by atoms with Crippen molar-refractivity contribution in [1.82, 2.24) is 0 Å². The van der Waals surface area contributed by atoms with Gasteiger partial charge in [-0.05, 0) is 41.8 Å². The van der Waals surface area contributed by atoms with E-state index in [1.807, 2.05) is 0 Å². The van der Waals surface area contributed by atoms with Gasteiger partial charge in [-0.25, -0.2) is 13.2 Å². The van der Waals surface area contributed by atoms with Gasteiger partial charge in [-0.3, -0.25) is 0 Å². The lowest BCUT2D eigenvalue weighted by Gasteiger charge is -2.05. The van der Waals surface area contributed by atoms with Crippen molar-refractivity contribution in [2.45, 2.75) is 4.90 Å². The molecule has 7 heteroatoms. The first-order valence-electron chi connectivity index (χ1n) is 5.40. The van der Waals surface area contributed by atoms with E-state index in [1.165, 1.54) is 35.6 Å². The van der Waals surface area contributed by atoms with Crippen molar-refractivity contribution in [3.05, 3.63) is 56.6 Å². The van der Waals surface area contributed by atoms with Gasteiger partial charge in [-0.1, -0.05) is 17.7 Å². The van der Waals surface area contributed by atoms with Gasteiger partial charge in [0.1, 0.15) is 0 Å². The summed E-state index contributed by atoms with van der Waals surface area (Å²) in [6.07, 6.45) is 1.15. The third-order valence-corrected chi connectivity index (χ3v) is 5.28. The molecule has 0 atom stereocenters. The average molecular weight is 329 g/mol. The minimum atomic E-state index is -4.08. The van der Waals surface area contributed by atoms with E-state index in [4.69, 9.17) is 16.7 Å². The summed E-state index contributed by atoms with van der Waals surface area (Å²) in [5, 5.41) is 11.3. The van der Waals surface area contributed by atoms with Crippen LogP contribution in [0.3, 0.4) is 0 Å². The molecule has 0 bridgehead atoms. The number of aliphatic carboxylic acids is 1. The zero-order valence-electron chi connectivity index (χ0n) is 9.99. The fraction of sp³-hybridized carbons (Fsp3) is 0. The summed E-state index contributed by atoms with van der Waals surface area (Å²) in [7, 11) is -4.08. The Balaban J connectivity index is 2.54. The topological polar surface area (TPSA) is 71.4 Å². The molecule has 0 radical (unpaired) electrons. The molecular weight excluding hydrogens is 320 g/mol. The van der Waals surface area contributed by atoms with Crippen LogP contribution in [0.2, 0.25) is 5.02 Å². The molecule has 1 N–H and O–H groups in total. The molecule has 104 valence electrons. The quantitative estimate of drug-likeness (QED) is 0.874. The van der Waals surface area contributed by atoms with Gasteiger partial charge in [0.2, 0.25) is 9.84 Å². The molecule has 1 aromatic carbocycles. The number of hydrogen-bond acceptors (Lipinski definition) is 4. The van der Waals surface area contributed by atoms with Gasteiger partial charge in [0.25, 0.3) is 0 Å². The third-order valence-electron chi connectivity index (χ3n) is 2.44. The molecule has 20 heavy (non-hydrogen) atoms. The van der Waals surface area contributed by atoms with Crippen LogP contribution in [0.4, 0.5) is 0 Å². The van der Waals surface area contributed by atoms with Crippen molar-refractivity contribution in [3.63, 3.8) is 0 Å². The first kappa shape index (κ1) is 14.8. The van der Waals surface area contributed by atoms with Crippen LogP contribution < -0.4 is 0 Å². The van der Waals surface area contributed by atoms with E-state index in [1.54, 1.807) is 17.5 Å². The number of thiophene rings is 1. The number of benzene rings is 1.